The van der Waals surface area contributed by atoms with Crippen molar-refractivity contribution in [3.63, 3.8) is 0 Å². The summed E-state index contributed by atoms with van der Waals surface area (Å²) in [6.45, 7) is 7.47. The molecule has 0 aromatic rings. The number of amides is 3. The molecule has 0 spiro atoms. The van der Waals surface area contributed by atoms with E-state index in [1.807, 2.05) is 13.8 Å². The highest BCUT2D eigenvalue weighted by Crippen LogP contribution is 2.34. The van der Waals surface area contributed by atoms with Gasteiger partial charge in [-0.3, -0.25) is 19.7 Å². The van der Waals surface area contributed by atoms with Crippen molar-refractivity contribution in [3.8, 4) is 0 Å². The zero-order chi connectivity index (χ0) is 16.3. The lowest BCUT2D eigenvalue weighted by molar-refractivity contribution is -0.161. The monoisotopic (exact) mass is 297 g/mol. The van der Waals surface area contributed by atoms with E-state index in [1.165, 1.54) is 4.90 Å². The van der Waals surface area contributed by atoms with Crippen molar-refractivity contribution in [1.82, 2.24) is 10.2 Å². The Hall–Kier alpha value is -1.43. The van der Waals surface area contributed by atoms with Gasteiger partial charge in [0.05, 0.1) is 5.41 Å². The Balaban J connectivity index is 3.17. The second-order valence-electron chi connectivity index (χ2n) is 6.31. The van der Waals surface area contributed by atoms with Gasteiger partial charge in [0.2, 0.25) is 11.8 Å². The summed E-state index contributed by atoms with van der Waals surface area (Å²) in [4.78, 5) is 38.1. The molecule has 3 amide bonds. The maximum absolute atomic E-state index is 13.1. The van der Waals surface area contributed by atoms with Gasteiger partial charge >= 0.3 is 0 Å². The van der Waals surface area contributed by atoms with Gasteiger partial charge in [0.1, 0.15) is 12.1 Å². The molecule has 120 valence electrons. The fourth-order valence-electron chi connectivity index (χ4n) is 2.98. The molecule has 1 aliphatic heterocycles. The molecule has 1 rings (SSSR count). The Labute approximate surface area is 126 Å². The molecule has 1 saturated heterocycles. The summed E-state index contributed by atoms with van der Waals surface area (Å²) in [6.07, 6.45) is 2.99. The van der Waals surface area contributed by atoms with E-state index < -0.39 is 22.8 Å². The van der Waals surface area contributed by atoms with Crippen LogP contribution in [0.15, 0.2) is 0 Å². The van der Waals surface area contributed by atoms with E-state index in [0.29, 0.717) is 12.8 Å². The lowest BCUT2D eigenvalue weighted by Crippen LogP contribution is -2.68. The van der Waals surface area contributed by atoms with E-state index in [1.54, 1.807) is 13.8 Å². The minimum atomic E-state index is -1.03. The molecule has 0 bridgehead atoms. The number of imide groups is 1. The lowest BCUT2D eigenvalue weighted by atomic mass is 9.76. The molecule has 1 heterocycles. The molecule has 0 saturated carbocycles. The van der Waals surface area contributed by atoms with Crippen LogP contribution >= 0.6 is 0 Å². The highest BCUT2D eigenvalue weighted by molar-refractivity contribution is 6.06. The Morgan fingerprint density at radius 3 is 2.24 bits per heavy atom. The molecule has 0 aromatic carbocycles. The van der Waals surface area contributed by atoms with Crippen LogP contribution in [0.3, 0.4) is 0 Å². The van der Waals surface area contributed by atoms with E-state index in [9.17, 15) is 14.4 Å². The number of carbonyl (C=O) groups excluding carboxylic acids is 3. The van der Waals surface area contributed by atoms with Gasteiger partial charge < -0.3 is 10.6 Å². The number of nitrogens with two attached hydrogens (primary N) is 1. The van der Waals surface area contributed by atoms with Gasteiger partial charge in [0, 0.05) is 6.54 Å². The van der Waals surface area contributed by atoms with Crippen molar-refractivity contribution in [2.75, 3.05) is 13.1 Å². The van der Waals surface area contributed by atoms with Gasteiger partial charge in [-0.2, -0.15) is 0 Å². The molecule has 1 fully saturated rings. The lowest BCUT2D eigenvalue weighted by Gasteiger charge is -2.45. The molecule has 0 radical (unpaired) electrons. The Morgan fingerprint density at radius 1 is 1.29 bits per heavy atom. The van der Waals surface area contributed by atoms with Gasteiger partial charge in [0.15, 0.2) is 0 Å². The number of hydrogen-bond acceptors (Lipinski definition) is 4. The first-order valence-corrected chi connectivity index (χ1v) is 7.61. The third-order valence-electron chi connectivity index (χ3n) is 4.33. The van der Waals surface area contributed by atoms with Crippen LogP contribution < -0.4 is 11.1 Å². The average molecular weight is 297 g/mol. The fourth-order valence-corrected chi connectivity index (χ4v) is 2.98. The molecular formula is C15H27N3O3. The zero-order valence-electron chi connectivity index (χ0n) is 13.5. The summed E-state index contributed by atoms with van der Waals surface area (Å²) in [6, 6.07) is 0. The Kier molecular flexibility index (Phi) is 5.50. The SMILES string of the molecule is CCCC(CN)(CCC)C(=O)N1CC(=O)NC(=O)C1(C)C. The predicted octanol–water partition coefficient (Wildman–Crippen LogP) is 0.795. The number of hydrogen-bond donors (Lipinski definition) is 2. The summed E-state index contributed by atoms with van der Waals surface area (Å²) in [5.41, 5.74) is 4.20. The summed E-state index contributed by atoms with van der Waals surface area (Å²) >= 11 is 0. The summed E-state index contributed by atoms with van der Waals surface area (Å²) in [5.74, 6) is -1.06. The minimum absolute atomic E-state index is 0.0905. The highest BCUT2D eigenvalue weighted by Gasteiger charge is 2.49. The standard InChI is InChI=1S/C15H27N3O3/c1-5-7-15(10-16,8-6-2)13(21)18-9-11(19)17-12(20)14(18,3)4/h5-10,16H2,1-4H3,(H,17,19,20). The van der Waals surface area contributed by atoms with Crippen LogP contribution in [-0.4, -0.2) is 41.2 Å². The van der Waals surface area contributed by atoms with Crippen LogP contribution in [0.1, 0.15) is 53.4 Å². The van der Waals surface area contributed by atoms with Crippen molar-refractivity contribution < 1.29 is 14.4 Å². The topological polar surface area (TPSA) is 92.5 Å². The van der Waals surface area contributed by atoms with Crippen LogP contribution in [0.4, 0.5) is 0 Å². The molecule has 0 aliphatic carbocycles. The van der Waals surface area contributed by atoms with Gasteiger partial charge in [-0.25, -0.2) is 0 Å². The molecule has 1 aliphatic rings. The third kappa shape index (κ3) is 3.26. The second-order valence-corrected chi connectivity index (χ2v) is 6.31. The number of piperazine rings is 1. The second kappa shape index (κ2) is 6.56. The highest BCUT2D eigenvalue weighted by atomic mass is 16.2. The predicted molar refractivity (Wildman–Crippen MR) is 80.2 cm³/mol. The van der Waals surface area contributed by atoms with Gasteiger partial charge in [-0.1, -0.05) is 26.7 Å². The number of nitrogens with zero attached hydrogens (tertiary/aromatic N) is 1. The van der Waals surface area contributed by atoms with Crippen molar-refractivity contribution in [3.05, 3.63) is 0 Å². The molecule has 3 N–H and O–H groups in total. The van der Waals surface area contributed by atoms with Gasteiger partial charge in [-0.05, 0) is 26.7 Å². The molecule has 6 heteroatoms. The van der Waals surface area contributed by atoms with E-state index in [2.05, 4.69) is 5.32 Å². The fraction of sp³-hybridized carbons (Fsp3) is 0.800. The molecule has 21 heavy (non-hydrogen) atoms. The van der Waals surface area contributed by atoms with Crippen molar-refractivity contribution in [1.29, 1.82) is 0 Å². The Bertz CT molecular complexity index is 426. The summed E-state index contributed by atoms with van der Waals surface area (Å²) < 4.78 is 0. The first-order chi connectivity index (χ1) is 9.75. The maximum atomic E-state index is 13.1. The molecule has 0 aromatic heterocycles. The Morgan fingerprint density at radius 2 is 1.81 bits per heavy atom. The van der Waals surface area contributed by atoms with Gasteiger partial charge in [-0.15, -0.1) is 0 Å². The van der Waals surface area contributed by atoms with E-state index in [0.717, 1.165) is 12.8 Å². The zero-order valence-corrected chi connectivity index (χ0v) is 13.5. The maximum Gasteiger partial charge on any atom is 0.252 e. The van der Waals surface area contributed by atoms with Crippen LogP contribution in [-0.2, 0) is 14.4 Å². The first-order valence-electron chi connectivity index (χ1n) is 7.61. The largest absolute Gasteiger partial charge is 0.329 e. The average Bonchev–Trinajstić information content (AvgIpc) is 2.42. The first kappa shape index (κ1) is 17.6. The van der Waals surface area contributed by atoms with E-state index >= 15 is 0 Å². The van der Waals surface area contributed by atoms with Gasteiger partial charge in [0.25, 0.3) is 5.91 Å². The van der Waals surface area contributed by atoms with Crippen LogP contribution in [0.2, 0.25) is 0 Å². The normalized spacial score (nSPS) is 18.6. The quantitative estimate of drug-likeness (QED) is 0.709. The smallest absolute Gasteiger partial charge is 0.252 e. The minimum Gasteiger partial charge on any atom is -0.329 e. The number of carbonyl (C=O) groups is 3. The van der Waals surface area contributed by atoms with Crippen molar-refractivity contribution >= 4 is 17.7 Å². The third-order valence-corrected chi connectivity index (χ3v) is 4.33. The number of rotatable bonds is 6. The van der Waals surface area contributed by atoms with Crippen LogP contribution in [0, 0.1) is 5.41 Å². The van der Waals surface area contributed by atoms with Crippen LogP contribution in [0.25, 0.3) is 0 Å². The molecular weight excluding hydrogens is 270 g/mol. The molecule has 0 atom stereocenters. The summed E-state index contributed by atoms with van der Waals surface area (Å²) in [7, 11) is 0. The summed E-state index contributed by atoms with van der Waals surface area (Å²) in [5, 5.41) is 2.28. The number of nitrogens with one attached hydrogen (secondary N) is 1. The van der Waals surface area contributed by atoms with Crippen LogP contribution in [0.5, 0.6) is 0 Å². The van der Waals surface area contributed by atoms with E-state index in [4.69, 9.17) is 5.73 Å². The van der Waals surface area contributed by atoms with Crippen molar-refractivity contribution in [2.24, 2.45) is 11.1 Å². The van der Waals surface area contributed by atoms with Crippen molar-refractivity contribution in [2.45, 2.75) is 58.9 Å². The van der Waals surface area contributed by atoms with E-state index in [-0.39, 0.29) is 19.0 Å². The molecule has 6 nitrogen and oxygen atoms in total. The molecule has 0 unspecified atom stereocenters.